The second-order valence-electron chi connectivity index (χ2n) is 7.83. The summed E-state index contributed by atoms with van der Waals surface area (Å²) in [6.45, 7) is 8.80. The van der Waals surface area contributed by atoms with Gasteiger partial charge in [-0.05, 0) is 70.2 Å². The van der Waals surface area contributed by atoms with E-state index < -0.39 is 0 Å². The van der Waals surface area contributed by atoms with E-state index in [0.29, 0.717) is 37.2 Å². The molecule has 0 saturated heterocycles. The fraction of sp³-hybridized carbons (Fsp3) is 0.591. The van der Waals surface area contributed by atoms with Gasteiger partial charge in [0, 0.05) is 38.4 Å². The van der Waals surface area contributed by atoms with Crippen LogP contribution in [0.1, 0.15) is 44.8 Å². The minimum atomic E-state index is 0. The second kappa shape index (κ2) is 13.5. The van der Waals surface area contributed by atoms with E-state index in [9.17, 15) is 0 Å². The average molecular weight is 543 g/mol. The second-order valence-corrected chi connectivity index (χ2v) is 7.83. The van der Waals surface area contributed by atoms with E-state index in [1.54, 1.807) is 0 Å². The number of guanidine groups is 1. The smallest absolute Gasteiger partial charge is 0.228 e. The number of aryl methyl sites for hydroxylation is 1. The van der Waals surface area contributed by atoms with E-state index in [2.05, 4.69) is 25.8 Å². The first-order chi connectivity index (χ1) is 14.6. The molecule has 9 heteroatoms. The molecule has 0 aliphatic heterocycles. The maximum atomic E-state index is 5.70. The van der Waals surface area contributed by atoms with Crippen molar-refractivity contribution in [1.29, 1.82) is 0 Å². The first-order valence-corrected chi connectivity index (χ1v) is 10.8. The van der Waals surface area contributed by atoms with Gasteiger partial charge in [0.1, 0.15) is 5.75 Å². The van der Waals surface area contributed by atoms with Crippen molar-refractivity contribution in [3.8, 4) is 5.75 Å². The Labute approximate surface area is 201 Å². The Morgan fingerprint density at radius 1 is 1.26 bits per heavy atom. The molecule has 0 unspecified atom stereocenters. The molecule has 31 heavy (non-hydrogen) atoms. The quantitative estimate of drug-likeness (QED) is 0.179. The van der Waals surface area contributed by atoms with Crippen molar-refractivity contribution in [2.45, 2.75) is 52.6 Å². The third-order valence-electron chi connectivity index (χ3n) is 4.46. The highest BCUT2D eigenvalue weighted by atomic mass is 127. The minimum absolute atomic E-state index is 0. The molecular formula is C22H34IN5O3. The van der Waals surface area contributed by atoms with Crippen LogP contribution in [0.2, 0.25) is 0 Å². The largest absolute Gasteiger partial charge is 0.491 e. The van der Waals surface area contributed by atoms with Crippen molar-refractivity contribution in [2.75, 3.05) is 31.6 Å². The molecule has 8 nitrogen and oxygen atoms in total. The summed E-state index contributed by atoms with van der Waals surface area (Å²) in [6, 6.07) is 7.86. The molecule has 2 aromatic rings. The summed E-state index contributed by atoms with van der Waals surface area (Å²) in [5.41, 5.74) is 0.941. The number of nitrogens with zero attached hydrogens (tertiary/aromatic N) is 3. The zero-order valence-corrected chi connectivity index (χ0v) is 20.9. The number of ether oxygens (including phenoxy) is 2. The first-order valence-electron chi connectivity index (χ1n) is 10.8. The van der Waals surface area contributed by atoms with Crippen LogP contribution in [0.15, 0.2) is 33.8 Å². The minimum Gasteiger partial charge on any atom is -0.491 e. The number of benzene rings is 1. The van der Waals surface area contributed by atoms with Crippen molar-refractivity contribution in [3.63, 3.8) is 0 Å². The Hall–Kier alpha value is -1.88. The lowest BCUT2D eigenvalue weighted by Crippen LogP contribution is -2.32. The molecule has 0 atom stereocenters. The molecule has 1 aromatic carbocycles. The molecule has 1 heterocycles. The number of aliphatic imine (C=N–C) groups is 1. The van der Waals surface area contributed by atoms with E-state index in [0.717, 1.165) is 37.0 Å². The Balaban J connectivity index is 0.00000341. The topological polar surface area (TPSA) is 93.8 Å². The van der Waals surface area contributed by atoms with Crippen molar-refractivity contribution >= 4 is 35.6 Å². The van der Waals surface area contributed by atoms with Crippen molar-refractivity contribution in [1.82, 2.24) is 15.5 Å². The van der Waals surface area contributed by atoms with E-state index in [4.69, 9.17) is 14.0 Å². The number of hydrogen-bond acceptors (Lipinski definition) is 6. The van der Waals surface area contributed by atoms with Crippen LogP contribution < -0.4 is 15.4 Å². The standard InChI is InChI=1S/C22H33N5O3.HI/c1-16(2)29-20-9-7-19(8-10-20)26-22(23-12-4-14-28-15-18-5-6-18)24-13-11-21-25-17(3)27-30-21;/h7-10,16,18H,4-6,11-15H2,1-3H3,(H2,23,24,26);1H. The molecule has 3 rings (SSSR count). The van der Waals surface area contributed by atoms with Crippen molar-refractivity contribution < 1.29 is 14.0 Å². The first kappa shape index (κ1) is 25.4. The van der Waals surface area contributed by atoms with Gasteiger partial charge in [-0.3, -0.25) is 4.99 Å². The van der Waals surface area contributed by atoms with Gasteiger partial charge in [-0.1, -0.05) is 5.16 Å². The molecule has 0 bridgehead atoms. The third-order valence-corrected chi connectivity index (χ3v) is 4.46. The van der Waals surface area contributed by atoms with Crippen LogP contribution in [-0.2, 0) is 11.2 Å². The van der Waals surface area contributed by atoms with Gasteiger partial charge < -0.3 is 24.6 Å². The Bertz CT molecular complexity index is 791. The molecule has 0 spiro atoms. The van der Waals surface area contributed by atoms with Gasteiger partial charge in [0.05, 0.1) is 6.10 Å². The zero-order valence-electron chi connectivity index (χ0n) is 18.6. The molecule has 1 saturated carbocycles. The predicted molar refractivity (Wildman–Crippen MR) is 132 cm³/mol. The van der Waals surface area contributed by atoms with Crippen LogP contribution in [0, 0.1) is 12.8 Å². The van der Waals surface area contributed by atoms with Gasteiger partial charge in [0.25, 0.3) is 0 Å². The summed E-state index contributed by atoms with van der Waals surface area (Å²) in [5.74, 6) is 3.62. The van der Waals surface area contributed by atoms with E-state index in [1.807, 2.05) is 45.0 Å². The van der Waals surface area contributed by atoms with E-state index >= 15 is 0 Å². The predicted octanol–water partition coefficient (Wildman–Crippen LogP) is 4.20. The molecule has 172 valence electrons. The van der Waals surface area contributed by atoms with Crippen molar-refractivity contribution in [2.24, 2.45) is 10.9 Å². The molecular weight excluding hydrogens is 509 g/mol. The molecule has 1 aliphatic carbocycles. The van der Waals surface area contributed by atoms with Gasteiger partial charge >= 0.3 is 0 Å². The Kier molecular flexibility index (Phi) is 11.1. The van der Waals surface area contributed by atoms with E-state index in [-0.39, 0.29) is 30.1 Å². The monoisotopic (exact) mass is 543 g/mol. The number of rotatable bonds is 12. The average Bonchev–Trinajstić information content (AvgIpc) is 3.45. The Morgan fingerprint density at radius 3 is 2.68 bits per heavy atom. The molecule has 2 N–H and O–H groups in total. The summed E-state index contributed by atoms with van der Waals surface area (Å²) in [5, 5.41) is 10.5. The fourth-order valence-electron chi connectivity index (χ4n) is 2.79. The van der Waals surface area contributed by atoms with Crippen LogP contribution in [0.4, 0.5) is 5.69 Å². The molecule has 1 aromatic heterocycles. The lowest BCUT2D eigenvalue weighted by atomic mass is 10.3. The Morgan fingerprint density at radius 2 is 2.03 bits per heavy atom. The number of nitrogens with one attached hydrogen (secondary N) is 2. The maximum absolute atomic E-state index is 5.70. The van der Waals surface area contributed by atoms with Gasteiger partial charge in [-0.15, -0.1) is 24.0 Å². The van der Waals surface area contributed by atoms with Crippen LogP contribution in [-0.4, -0.2) is 48.5 Å². The van der Waals surface area contributed by atoms with Gasteiger partial charge in [-0.25, -0.2) is 0 Å². The lowest BCUT2D eigenvalue weighted by molar-refractivity contribution is 0.123. The summed E-state index contributed by atoms with van der Waals surface area (Å²) < 4.78 is 16.6. The number of hydrogen-bond donors (Lipinski definition) is 2. The van der Waals surface area contributed by atoms with Crippen LogP contribution in [0.3, 0.4) is 0 Å². The van der Waals surface area contributed by atoms with E-state index in [1.165, 1.54) is 12.8 Å². The number of halogens is 1. The van der Waals surface area contributed by atoms with Crippen LogP contribution in [0.5, 0.6) is 5.75 Å². The highest BCUT2D eigenvalue weighted by molar-refractivity contribution is 14.0. The lowest BCUT2D eigenvalue weighted by Gasteiger charge is -2.14. The molecule has 0 amide bonds. The SMILES string of the molecule is Cc1noc(CCNC(=NCCCOCC2CC2)Nc2ccc(OC(C)C)cc2)n1.I. The molecule has 0 radical (unpaired) electrons. The van der Waals surface area contributed by atoms with Gasteiger partial charge in [0.2, 0.25) is 5.89 Å². The zero-order chi connectivity index (χ0) is 21.2. The normalized spacial score (nSPS) is 13.7. The fourth-order valence-corrected chi connectivity index (χ4v) is 2.79. The highest BCUT2D eigenvalue weighted by Crippen LogP contribution is 2.28. The summed E-state index contributed by atoms with van der Waals surface area (Å²) in [7, 11) is 0. The number of anilines is 1. The third kappa shape index (κ3) is 10.3. The molecule has 1 aliphatic rings. The summed E-state index contributed by atoms with van der Waals surface area (Å²) in [6.07, 6.45) is 4.31. The van der Waals surface area contributed by atoms with Gasteiger partial charge in [-0.2, -0.15) is 4.98 Å². The highest BCUT2D eigenvalue weighted by Gasteiger charge is 2.20. The van der Waals surface area contributed by atoms with Crippen LogP contribution in [0.25, 0.3) is 0 Å². The maximum Gasteiger partial charge on any atom is 0.228 e. The van der Waals surface area contributed by atoms with Crippen LogP contribution >= 0.6 is 24.0 Å². The summed E-state index contributed by atoms with van der Waals surface area (Å²) >= 11 is 0. The number of aromatic nitrogens is 2. The summed E-state index contributed by atoms with van der Waals surface area (Å²) in [4.78, 5) is 8.91. The van der Waals surface area contributed by atoms with Crippen molar-refractivity contribution in [3.05, 3.63) is 36.0 Å². The molecule has 1 fully saturated rings. The van der Waals surface area contributed by atoms with Gasteiger partial charge in [0.15, 0.2) is 11.8 Å².